The number of amides is 1. The molecule has 0 saturated heterocycles. The second-order valence-corrected chi connectivity index (χ2v) is 7.23. The van der Waals surface area contributed by atoms with Crippen molar-refractivity contribution in [3.8, 4) is 22.9 Å². The van der Waals surface area contributed by atoms with Gasteiger partial charge in [-0.25, -0.2) is 0 Å². The van der Waals surface area contributed by atoms with Crippen molar-refractivity contribution in [2.75, 3.05) is 13.7 Å². The number of aryl methyl sites for hydroxylation is 1. The molecule has 1 amide bonds. The lowest BCUT2D eigenvalue weighted by molar-refractivity contribution is -0.122. The minimum atomic E-state index is -0.0624. The van der Waals surface area contributed by atoms with Crippen molar-refractivity contribution in [1.29, 1.82) is 0 Å². The average Bonchev–Trinajstić information content (AvgIpc) is 3.08. The van der Waals surface area contributed by atoms with E-state index in [9.17, 15) is 4.79 Å². The SMILES string of the molecule is CC[C@@H](C)CC(=O)NC[C@H]1Cc2cc(C)cc(-c3ccc(OC)nn3)c2O1. The first kappa shape index (κ1) is 19.1. The Morgan fingerprint density at radius 2 is 2.19 bits per heavy atom. The van der Waals surface area contributed by atoms with Crippen LogP contribution in [0.25, 0.3) is 11.3 Å². The van der Waals surface area contributed by atoms with E-state index in [2.05, 4.69) is 48.4 Å². The summed E-state index contributed by atoms with van der Waals surface area (Å²) in [5.41, 5.74) is 3.96. The van der Waals surface area contributed by atoms with E-state index >= 15 is 0 Å². The zero-order valence-corrected chi connectivity index (χ0v) is 16.4. The largest absolute Gasteiger partial charge is 0.487 e. The minimum Gasteiger partial charge on any atom is -0.487 e. The number of hydrogen-bond acceptors (Lipinski definition) is 5. The molecule has 6 heteroatoms. The third-order valence-electron chi connectivity index (χ3n) is 4.93. The minimum absolute atomic E-state index is 0.0624. The van der Waals surface area contributed by atoms with E-state index < -0.39 is 0 Å². The first-order valence-corrected chi connectivity index (χ1v) is 9.45. The third kappa shape index (κ3) is 4.56. The molecule has 6 nitrogen and oxygen atoms in total. The average molecular weight is 369 g/mol. The van der Waals surface area contributed by atoms with Crippen LogP contribution in [0.4, 0.5) is 0 Å². The molecule has 0 aliphatic carbocycles. The predicted octanol–water partition coefficient (Wildman–Crippen LogP) is 3.32. The van der Waals surface area contributed by atoms with Gasteiger partial charge in [-0.15, -0.1) is 10.2 Å². The lowest BCUT2D eigenvalue weighted by atomic mass is 10.0. The molecule has 0 fully saturated rings. The first-order chi connectivity index (χ1) is 13.0. The highest BCUT2D eigenvalue weighted by atomic mass is 16.5. The highest BCUT2D eigenvalue weighted by Gasteiger charge is 2.27. The molecular formula is C21H27N3O3. The van der Waals surface area contributed by atoms with Gasteiger partial charge in [0.25, 0.3) is 0 Å². The second-order valence-electron chi connectivity index (χ2n) is 7.23. The number of ether oxygens (including phenoxy) is 2. The summed E-state index contributed by atoms with van der Waals surface area (Å²) in [6.45, 7) is 6.76. The van der Waals surface area contributed by atoms with Gasteiger partial charge in [-0.05, 0) is 36.1 Å². The van der Waals surface area contributed by atoms with E-state index in [0.29, 0.717) is 24.8 Å². The Kier molecular flexibility index (Phi) is 5.94. The molecule has 27 heavy (non-hydrogen) atoms. The van der Waals surface area contributed by atoms with Crippen LogP contribution in [0.2, 0.25) is 0 Å². The lowest BCUT2D eigenvalue weighted by Gasteiger charge is -2.14. The molecule has 1 N–H and O–H groups in total. The number of rotatable bonds is 7. The molecule has 1 aliphatic heterocycles. The maximum absolute atomic E-state index is 12.0. The van der Waals surface area contributed by atoms with Crippen LogP contribution in [0.5, 0.6) is 11.6 Å². The van der Waals surface area contributed by atoms with Crippen molar-refractivity contribution in [1.82, 2.24) is 15.5 Å². The number of benzene rings is 1. The van der Waals surface area contributed by atoms with Gasteiger partial charge >= 0.3 is 0 Å². The summed E-state index contributed by atoms with van der Waals surface area (Å²) in [5.74, 6) is 1.79. The maximum atomic E-state index is 12.0. The van der Waals surface area contributed by atoms with Crippen LogP contribution in [0, 0.1) is 12.8 Å². The normalized spacial score (nSPS) is 16.4. The maximum Gasteiger partial charge on any atom is 0.233 e. The van der Waals surface area contributed by atoms with Crippen LogP contribution < -0.4 is 14.8 Å². The molecule has 0 radical (unpaired) electrons. The number of methoxy groups -OCH3 is 1. The first-order valence-electron chi connectivity index (χ1n) is 9.45. The molecule has 2 heterocycles. The Balaban J connectivity index is 1.72. The van der Waals surface area contributed by atoms with Crippen molar-refractivity contribution in [3.63, 3.8) is 0 Å². The van der Waals surface area contributed by atoms with Gasteiger partial charge in [0.2, 0.25) is 11.8 Å². The zero-order chi connectivity index (χ0) is 19.4. The van der Waals surface area contributed by atoms with Crippen molar-refractivity contribution >= 4 is 5.91 Å². The highest BCUT2D eigenvalue weighted by Crippen LogP contribution is 2.39. The van der Waals surface area contributed by atoms with Crippen LogP contribution in [-0.4, -0.2) is 35.9 Å². The van der Waals surface area contributed by atoms with Crippen molar-refractivity contribution in [2.45, 2.75) is 46.1 Å². The van der Waals surface area contributed by atoms with Gasteiger partial charge in [0, 0.05) is 24.5 Å². The number of fused-ring (bicyclic) bond motifs is 1. The number of nitrogens with zero attached hydrogens (tertiary/aromatic N) is 2. The van der Waals surface area contributed by atoms with Crippen LogP contribution in [0.1, 0.15) is 37.8 Å². The number of aromatic nitrogens is 2. The number of hydrogen-bond donors (Lipinski definition) is 1. The fourth-order valence-corrected chi connectivity index (χ4v) is 3.23. The fraction of sp³-hybridized carbons (Fsp3) is 0.476. The van der Waals surface area contributed by atoms with Crippen molar-refractivity contribution in [3.05, 3.63) is 35.4 Å². The van der Waals surface area contributed by atoms with E-state index in [4.69, 9.17) is 9.47 Å². The monoisotopic (exact) mass is 369 g/mol. The molecule has 2 aromatic rings. The molecule has 3 rings (SSSR count). The van der Waals surface area contributed by atoms with Crippen LogP contribution in [0.15, 0.2) is 24.3 Å². The summed E-state index contributed by atoms with van der Waals surface area (Å²) in [7, 11) is 1.57. The Labute approximate surface area is 160 Å². The molecule has 1 aromatic carbocycles. The smallest absolute Gasteiger partial charge is 0.233 e. The topological polar surface area (TPSA) is 73.3 Å². The van der Waals surface area contributed by atoms with Gasteiger partial charge in [0.05, 0.1) is 19.3 Å². The number of carbonyl (C=O) groups excluding carboxylic acids is 1. The van der Waals surface area contributed by atoms with Crippen LogP contribution in [-0.2, 0) is 11.2 Å². The van der Waals surface area contributed by atoms with E-state index in [1.165, 1.54) is 0 Å². The van der Waals surface area contributed by atoms with E-state index in [1.807, 2.05) is 6.07 Å². The van der Waals surface area contributed by atoms with Crippen molar-refractivity contribution < 1.29 is 14.3 Å². The van der Waals surface area contributed by atoms with Gasteiger partial charge in [-0.2, -0.15) is 0 Å². The third-order valence-corrected chi connectivity index (χ3v) is 4.93. The Bertz CT molecular complexity index is 805. The zero-order valence-electron chi connectivity index (χ0n) is 16.4. The number of carbonyl (C=O) groups is 1. The van der Waals surface area contributed by atoms with Gasteiger partial charge in [-0.3, -0.25) is 4.79 Å². The summed E-state index contributed by atoms with van der Waals surface area (Å²) < 4.78 is 11.3. The Morgan fingerprint density at radius 3 is 2.85 bits per heavy atom. The summed E-state index contributed by atoms with van der Waals surface area (Å²) in [4.78, 5) is 12.0. The van der Waals surface area contributed by atoms with E-state index in [-0.39, 0.29) is 12.0 Å². The van der Waals surface area contributed by atoms with E-state index in [1.54, 1.807) is 13.2 Å². The van der Waals surface area contributed by atoms with Gasteiger partial charge in [0.15, 0.2) is 0 Å². The molecule has 0 spiro atoms. The highest BCUT2D eigenvalue weighted by molar-refractivity contribution is 5.76. The van der Waals surface area contributed by atoms with E-state index in [0.717, 1.165) is 41.0 Å². The summed E-state index contributed by atoms with van der Waals surface area (Å²) in [6.07, 6.45) is 2.27. The molecule has 1 aromatic heterocycles. The Hall–Kier alpha value is -2.63. The molecular weight excluding hydrogens is 342 g/mol. The standard InChI is InChI=1S/C21H27N3O3/c1-5-13(2)10-19(25)22-12-16-11-15-8-14(3)9-17(21(15)27-16)18-6-7-20(26-4)24-23-18/h6-9,13,16H,5,10-12H2,1-4H3,(H,22,25)/t13-,16-/m1/s1. The molecule has 1 aliphatic rings. The Morgan fingerprint density at radius 1 is 1.37 bits per heavy atom. The van der Waals surface area contributed by atoms with Gasteiger partial charge < -0.3 is 14.8 Å². The quantitative estimate of drug-likeness (QED) is 0.810. The lowest BCUT2D eigenvalue weighted by Crippen LogP contribution is -2.35. The predicted molar refractivity (Wildman–Crippen MR) is 104 cm³/mol. The summed E-state index contributed by atoms with van der Waals surface area (Å²) in [6, 6.07) is 7.86. The molecule has 2 atom stereocenters. The van der Waals surface area contributed by atoms with Crippen molar-refractivity contribution in [2.24, 2.45) is 5.92 Å². The second kappa shape index (κ2) is 8.37. The molecule has 0 saturated carbocycles. The molecule has 0 unspecified atom stereocenters. The fourth-order valence-electron chi connectivity index (χ4n) is 3.23. The molecule has 144 valence electrons. The van der Waals surface area contributed by atoms with Crippen LogP contribution in [0.3, 0.4) is 0 Å². The summed E-state index contributed by atoms with van der Waals surface area (Å²) >= 11 is 0. The van der Waals surface area contributed by atoms with Gasteiger partial charge in [-0.1, -0.05) is 26.3 Å². The summed E-state index contributed by atoms with van der Waals surface area (Å²) in [5, 5.41) is 11.3. The number of nitrogens with one attached hydrogen (secondary N) is 1. The molecule has 0 bridgehead atoms. The van der Waals surface area contributed by atoms with Gasteiger partial charge in [0.1, 0.15) is 11.9 Å². The van der Waals surface area contributed by atoms with Crippen LogP contribution >= 0.6 is 0 Å².